The summed E-state index contributed by atoms with van der Waals surface area (Å²) in [7, 11) is 0. The third kappa shape index (κ3) is 4.23. The molecule has 0 aliphatic carbocycles. The molecule has 2 rings (SSSR count). The van der Waals surface area contributed by atoms with Crippen LogP contribution in [-0.4, -0.2) is 6.54 Å². The Labute approximate surface area is 132 Å². The lowest BCUT2D eigenvalue weighted by atomic mass is 10.1. The van der Waals surface area contributed by atoms with Crippen LogP contribution in [0.5, 0.6) is 11.5 Å². The zero-order valence-electron chi connectivity index (χ0n) is 12.8. The Hall–Kier alpha value is -1.51. The summed E-state index contributed by atoms with van der Waals surface area (Å²) in [6.07, 6.45) is 0.997. The minimum absolute atomic E-state index is 0.236. The highest BCUT2D eigenvalue weighted by Gasteiger charge is 2.10. The maximum absolute atomic E-state index is 6.36. The van der Waals surface area contributed by atoms with Gasteiger partial charge in [0.25, 0.3) is 0 Å². The molecular formula is C18H22ClNO. The molecule has 1 N–H and O–H groups in total. The summed E-state index contributed by atoms with van der Waals surface area (Å²) in [4.78, 5) is 0. The first kappa shape index (κ1) is 15.9. The fraction of sp³-hybridized carbons (Fsp3) is 0.333. The van der Waals surface area contributed by atoms with Crippen LogP contribution in [0.15, 0.2) is 42.5 Å². The fourth-order valence-corrected chi connectivity index (χ4v) is 2.64. The molecule has 0 aliphatic heterocycles. The number of hydrogen-bond acceptors (Lipinski definition) is 2. The normalized spacial score (nSPS) is 12.2. The molecule has 0 spiro atoms. The first-order chi connectivity index (χ1) is 10.1. The quantitative estimate of drug-likeness (QED) is 0.775. The van der Waals surface area contributed by atoms with Gasteiger partial charge in [-0.3, -0.25) is 0 Å². The summed E-state index contributed by atoms with van der Waals surface area (Å²) in [5.74, 6) is 1.61. The Morgan fingerprint density at radius 3 is 2.52 bits per heavy atom. The predicted molar refractivity (Wildman–Crippen MR) is 89.4 cm³/mol. The average Bonchev–Trinajstić information content (AvgIpc) is 2.47. The highest BCUT2D eigenvalue weighted by molar-refractivity contribution is 6.31. The molecule has 1 atom stereocenters. The molecular weight excluding hydrogens is 282 g/mol. The fourth-order valence-electron chi connectivity index (χ4n) is 2.30. The van der Waals surface area contributed by atoms with Crippen LogP contribution in [0.4, 0.5) is 0 Å². The lowest BCUT2D eigenvalue weighted by Gasteiger charge is -2.15. The number of ether oxygens (including phenoxy) is 1. The van der Waals surface area contributed by atoms with Gasteiger partial charge < -0.3 is 10.1 Å². The number of halogens is 1. The first-order valence-corrected chi connectivity index (χ1v) is 7.81. The van der Waals surface area contributed by atoms with Gasteiger partial charge in [-0.2, -0.15) is 0 Å². The van der Waals surface area contributed by atoms with E-state index in [0.717, 1.165) is 35.1 Å². The number of hydrogen-bond donors (Lipinski definition) is 1. The van der Waals surface area contributed by atoms with Crippen LogP contribution in [0, 0.1) is 0 Å². The highest BCUT2D eigenvalue weighted by Crippen LogP contribution is 2.30. The second kappa shape index (κ2) is 7.48. The van der Waals surface area contributed by atoms with Crippen molar-refractivity contribution >= 4 is 11.6 Å². The summed E-state index contributed by atoms with van der Waals surface area (Å²) >= 11 is 6.36. The smallest absolute Gasteiger partial charge is 0.128 e. The molecule has 112 valence electrons. The second-order valence-corrected chi connectivity index (χ2v) is 5.47. The van der Waals surface area contributed by atoms with E-state index in [1.54, 1.807) is 0 Å². The van der Waals surface area contributed by atoms with Crippen molar-refractivity contribution < 1.29 is 4.74 Å². The van der Waals surface area contributed by atoms with Crippen LogP contribution in [0.25, 0.3) is 0 Å². The van der Waals surface area contributed by atoms with Crippen LogP contribution in [0.1, 0.15) is 37.9 Å². The molecule has 0 aliphatic rings. The van der Waals surface area contributed by atoms with Crippen molar-refractivity contribution in [2.45, 2.75) is 33.2 Å². The van der Waals surface area contributed by atoms with Gasteiger partial charge in [0.05, 0.1) is 0 Å². The van der Waals surface area contributed by atoms with Crippen molar-refractivity contribution in [3.63, 3.8) is 0 Å². The van der Waals surface area contributed by atoms with Gasteiger partial charge in [-0.1, -0.05) is 43.6 Å². The van der Waals surface area contributed by atoms with E-state index >= 15 is 0 Å². The van der Waals surface area contributed by atoms with Crippen molar-refractivity contribution in [3.05, 3.63) is 58.6 Å². The maximum Gasteiger partial charge on any atom is 0.128 e. The lowest BCUT2D eigenvalue weighted by Crippen LogP contribution is -2.17. The molecule has 0 saturated carbocycles. The van der Waals surface area contributed by atoms with Crippen molar-refractivity contribution in [1.82, 2.24) is 5.32 Å². The third-order valence-electron chi connectivity index (χ3n) is 3.49. The van der Waals surface area contributed by atoms with E-state index in [9.17, 15) is 0 Å². The first-order valence-electron chi connectivity index (χ1n) is 7.43. The van der Waals surface area contributed by atoms with Crippen LogP contribution in [-0.2, 0) is 6.42 Å². The number of benzene rings is 2. The molecule has 1 unspecified atom stereocenters. The zero-order chi connectivity index (χ0) is 15.2. The molecule has 0 heterocycles. The average molecular weight is 304 g/mol. The van der Waals surface area contributed by atoms with E-state index in [0.29, 0.717) is 0 Å². The van der Waals surface area contributed by atoms with Crippen molar-refractivity contribution in [3.8, 4) is 11.5 Å². The standard InChI is InChI=1S/C18H22ClNO/c1-4-14-7-6-8-15(11-14)21-16-9-10-17(18(19)12-16)13(3)20-5-2/h6-13,20H,4-5H2,1-3H3. The van der Waals surface area contributed by atoms with Gasteiger partial charge in [-0.05, 0) is 55.3 Å². The SMILES string of the molecule is CCNC(C)c1ccc(Oc2cccc(CC)c2)cc1Cl. The summed E-state index contributed by atoms with van der Waals surface area (Å²) in [5, 5.41) is 4.09. The van der Waals surface area contributed by atoms with E-state index < -0.39 is 0 Å². The highest BCUT2D eigenvalue weighted by atomic mass is 35.5. The van der Waals surface area contributed by atoms with Crippen LogP contribution in [0.3, 0.4) is 0 Å². The van der Waals surface area contributed by atoms with Crippen molar-refractivity contribution in [2.75, 3.05) is 6.54 Å². The zero-order valence-corrected chi connectivity index (χ0v) is 13.6. The lowest BCUT2D eigenvalue weighted by molar-refractivity contribution is 0.481. The minimum Gasteiger partial charge on any atom is -0.457 e. The molecule has 2 nitrogen and oxygen atoms in total. The van der Waals surface area contributed by atoms with Crippen LogP contribution >= 0.6 is 11.6 Å². The van der Waals surface area contributed by atoms with Gasteiger partial charge >= 0.3 is 0 Å². The van der Waals surface area contributed by atoms with Crippen LogP contribution < -0.4 is 10.1 Å². The second-order valence-electron chi connectivity index (χ2n) is 5.07. The van der Waals surface area contributed by atoms with Crippen LogP contribution in [0.2, 0.25) is 5.02 Å². The maximum atomic E-state index is 6.36. The van der Waals surface area contributed by atoms with Gasteiger partial charge in [0.2, 0.25) is 0 Å². The third-order valence-corrected chi connectivity index (χ3v) is 3.82. The topological polar surface area (TPSA) is 21.3 Å². The Balaban J connectivity index is 2.16. The summed E-state index contributed by atoms with van der Waals surface area (Å²) in [6, 6.07) is 14.2. The van der Waals surface area contributed by atoms with E-state index in [4.69, 9.17) is 16.3 Å². The Morgan fingerprint density at radius 2 is 1.86 bits per heavy atom. The van der Waals surface area contributed by atoms with E-state index in [-0.39, 0.29) is 6.04 Å². The Morgan fingerprint density at radius 1 is 1.10 bits per heavy atom. The molecule has 0 bridgehead atoms. The number of nitrogens with one attached hydrogen (secondary N) is 1. The minimum atomic E-state index is 0.236. The predicted octanol–water partition coefficient (Wildman–Crippen LogP) is 5.37. The molecule has 0 radical (unpaired) electrons. The van der Waals surface area contributed by atoms with Gasteiger partial charge in [0, 0.05) is 11.1 Å². The molecule has 3 heteroatoms. The Kier molecular flexibility index (Phi) is 5.66. The number of aryl methyl sites for hydroxylation is 1. The monoisotopic (exact) mass is 303 g/mol. The summed E-state index contributed by atoms with van der Waals surface area (Å²) in [5.41, 5.74) is 2.35. The molecule has 0 saturated heterocycles. The molecule has 21 heavy (non-hydrogen) atoms. The Bertz CT molecular complexity index is 598. The largest absolute Gasteiger partial charge is 0.457 e. The van der Waals surface area contributed by atoms with Gasteiger partial charge in [-0.25, -0.2) is 0 Å². The number of rotatable bonds is 6. The summed E-state index contributed by atoms with van der Waals surface area (Å²) in [6.45, 7) is 7.24. The molecule has 0 fully saturated rings. The molecule has 2 aromatic carbocycles. The molecule has 0 amide bonds. The van der Waals surface area contributed by atoms with Gasteiger partial charge in [0.15, 0.2) is 0 Å². The van der Waals surface area contributed by atoms with E-state index in [2.05, 4.69) is 38.2 Å². The van der Waals surface area contributed by atoms with Gasteiger partial charge in [0.1, 0.15) is 11.5 Å². The van der Waals surface area contributed by atoms with Crippen molar-refractivity contribution in [2.24, 2.45) is 0 Å². The summed E-state index contributed by atoms with van der Waals surface area (Å²) < 4.78 is 5.89. The van der Waals surface area contributed by atoms with Gasteiger partial charge in [-0.15, -0.1) is 0 Å². The molecule has 2 aromatic rings. The van der Waals surface area contributed by atoms with E-state index in [1.165, 1.54) is 5.56 Å². The van der Waals surface area contributed by atoms with Crippen molar-refractivity contribution in [1.29, 1.82) is 0 Å². The van der Waals surface area contributed by atoms with E-state index in [1.807, 2.05) is 30.3 Å². The molecule has 0 aromatic heterocycles.